The summed E-state index contributed by atoms with van der Waals surface area (Å²) < 4.78 is 13.0. The van der Waals surface area contributed by atoms with Gasteiger partial charge >= 0.3 is 0 Å². The molecule has 1 radical (unpaired) electrons. The molecule has 23 heavy (non-hydrogen) atoms. The van der Waals surface area contributed by atoms with Gasteiger partial charge in [-0.25, -0.2) is 4.39 Å². The Morgan fingerprint density at radius 1 is 1.26 bits per heavy atom. The molecule has 0 saturated carbocycles. The summed E-state index contributed by atoms with van der Waals surface area (Å²) in [4.78, 5) is 25.8. The van der Waals surface area contributed by atoms with Crippen LogP contribution in [-0.2, 0) is 48.7 Å². The number of likely N-dealkylation sites (tertiary alicyclic amines) is 1. The summed E-state index contributed by atoms with van der Waals surface area (Å²) in [6.07, 6.45) is 2.20. The molecule has 1 atom stereocenters. The molecule has 0 bridgehead atoms. The topological polar surface area (TPSA) is 49.4 Å². The van der Waals surface area contributed by atoms with Crippen LogP contribution in [0.4, 0.5) is 4.39 Å². The Balaban J connectivity index is 0.00000264. The third-order valence-corrected chi connectivity index (χ3v) is 3.96. The smallest absolute Gasteiger partial charge is 0.245 e. The van der Waals surface area contributed by atoms with Gasteiger partial charge in [0, 0.05) is 46.1 Å². The predicted molar refractivity (Wildman–Crippen MR) is 82.4 cm³/mol. The Labute approximate surface area is 162 Å². The zero-order valence-electron chi connectivity index (χ0n) is 13.6. The van der Waals surface area contributed by atoms with E-state index in [-0.39, 0.29) is 50.3 Å². The minimum absolute atomic E-state index is 0. The zero-order chi connectivity index (χ0) is 16.1. The molecule has 123 valence electrons. The van der Waals surface area contributed by atoms with Crippen molar-refractivity contribution >= 4 is 11.8 Å². The molecule has 1 N–H and O–H groups in total. The number of amides is 2. The molecule has 0 aromatic heterocycles. The van der Waals surface area contributed by atoms with Crippen LogP contribution in [0.3, 0.4) is 0 Å². The van der Waals surface area contributed by atoms with Crippen LogP contribution in [0.15, 0.2) is 24.3 Å². The molecule has 2 amide bonds. The molecule has 1 aromatic carbocycles. The van der Waals surface area contributed by atoms with Gasteiger partial charge in [0.15, 0.2) is 0 Å². The average molecular weight is 394 g/mol. The second-order valence-electron chi connectivity index (χ2n) is 5.87. The molecular formula is C17H22FN2O2Y-. The second-order valence-corrected chi connectivity index (χ2v) is 5.87. The average Bonchev–Trinajstić information content (AvgIpc) is 2.48. The molecule has 1 aliphatic rings. The third kappa shape index (κ3) is 6.30. The molecule has 6 heteroatoms. The van der Waals surface area contributed by atoms with Gasteiger partial charge in [0.1, 0.15) is 11.9 Å². The predicted octanol–water partition coefficient (Wildman–Crippen LogP) is 2.09. The van der Waals surface area contributed by atoms with E-state index < -0.39 is 6.04 Å². The zero-order valence-corrected chi connectivity index (χ0v) is 16.5. The summed E-state index contributed by atoms with van der Waals surface area (Å²) in [7, 11) is 0. The summed E-state index contributed by atoms with van der Waals surface area (Å²) in [5.41, 5.74) is 0.827. The van der Waals surface area contributed by atoms with Gasteiger partial charge in [-0.3, -0.25) is 9.59 Å². The normalized spacial score (nSPS) is 16.4. The Hall–Kier alpha value is -0.806. The van der Waals surface area contributed by atoms with Crippen LogP contribution in [0.1, 0.15) is 32.3 Å². The van der Waals surface area contributed by atoms with Gasteiger partial charge in [-0.15, -0.1) is 0 Å². The SMILES string of the molecule is CC(=O)N[C@H](Cc1ccc(F)cc1)C(=O)N1CC[C-](C)CC1.[Y]. The van der Waals surface area contributed by atoms with Gasteiger partial charge in [-0.2, -0.15) is 19.8 Å². The van der Waals surface area contributed by atoms with Crippen LogP contribution < -0.4 is 5.32 Å². The number of hydrogen-bond acceptors (Lipinski definition) is 2. The van der Waals surface area contributed by atoms with Crippen molar-refractivity contribution in [2.75, 3.05) is 13.1 Å². The second kappa shape index (κ2) is 9.48. The molecule has 1 saturated heterocycles. The Morgan fingerprint density at radius 3 is 2.35 bits per heavy atom. The van der Waals surface area contributed by atoms with Crippen molar-refractivity contribution in [1.82, 2.24) is 10.2 Å². The van der Waals surface area contributed by atoms with Crippen molar-refractivity contribution < 1.29 is 46.7 Å². The molecule has 0 spiro atoms. The van der Waals surface area contributed by atoms with E-state index in [0.29, 0.717) is 19.5 Å². The summed E-state index contributed by atoms with van der Waals surface area (Å²) in [6, 6.07) is 5.42. The fourth-order valence-electron chi connectivity index (χ4n) is 2.63. The van der Waals surface area contributed by atoms with Crippen LogP contribution in [0.2, 0.25) is 0 Å². The first-order valence-corrected chi connectivity index (χ1v) is 7.57. The molecule has 4 nitrogen and oxygen atoms in total. The first-order valence-electron chi connectivity index (χ1n) is 7.57. The summed E-state index contributed by atoms with van der Waals surface area (Å²) in [5, 5.41) is 2.72. The maximum atomic E-state index is 13.0. The van der Waals surface area contributed by atoms with Crippen molar-refractivity contribution in [2.45, 2.75) is 39.2 Å². The standard InChI is InChI=1S/C17H22FN2O2.Y/c1-12-7-9-20(10-8-12)17(22)16(19-13(2)21)11-14-3-5-15(18)6-4-14;/h3-6,16H,7-11H2,1-2H3,(H,19,21);/q-1;/t16-;/m1./s1. The molecular weight excluding hydrogens is 372 g/mol. The third-order valence-electron chi connectivity index (χ3n) is 3.96. The van der Waals surface area contributed by atoms with Gasteiger partial charge in [0.2, 0.25) is 11.8 Å². The van der Waals surface area contributed by atoms with Crippen molar-refractivity contribution in [1.29, 1.82) is 0 Å². The Morgan fingerprint density at radius 2 is 1.83 bits per heavy atom. The molecule has 2 rings (SSSR count). The molecule has 1 fully saturated rings. The monoisotopic (exact) mass is 394 g/mol. The van der Waals surface area contributed by atoms with Crippen molar-refractivity contribution in [3.05, 3.63) is 41.6 Å². The molecule has 0 unspecified atom stereocenters. The number of nitrogens with one attached hydrogen (secondary N) is 1. The van der Waals surface area contributed by atoms with Crippen molar-refractivity contribution in [3.63, 3.8) is 0 Å². The van der Waals surface area contributed by atoms with Crippen LogP contribution in [0, 0.1) is 11.7 Å². The first-order chi connectivity index (χ1) is 10.5. The number of rotatable bonds is 4. The first kappa shape index (κ1) is 20.2. The molecule has 1 aliphatic heterocycles. The number of hydrogen-bond donors (Lipinski definition) is 1. The summed E-state index contributed by atoms with van der Waals surface area (Å²) >= 11 is 0. The van der Waals surface area contributed by atoms with Gasteiger partial charge in [-0.05, 0) is 30.8 Å². The molecule has 0 aliphatic carbocycles. The van der Waals surface area contributed by atoms with Gasteiger partial charge in [-0.1, -0.05) is 12.1 Å². The van der Waals surface area contributed by atoms with E-state index >= 15 is 0 Å². The quantitative estimate of drug-likeness (QED) is 0.796. The number of carbonyl (C=O) groups is 2. The Bertz CT molecular complexity index is 528. The number of nitrogens with zero attached hydrogens (tertiary/aromatic N) is 1. The van der Waals surface area contributed by atoms with Gasteiger partial charge in [0.25, 0.3) is 0 Å². The Kier molecular flexibility index (Phi) is 8.34. The van der Waals surface area contributed by atoms with E-state index in [2.05, 4.69) is 12.2 Å². The van der Waals surface area contributed by atoms with Gasteiger partial charge < -0.3 is 16.1 Å². The molecule has 1 aromatic rings. The van der Waals surface area contributed by atoms with E-state index in [9.17, 15) is 14.0 Å². The van der Waals surface area contributed by atoms with Crippen molar-refractivity contribution in [3.8, 4) is 0 Å². The van der Waals surface area contributed by atoms with Crippen LogP contribution in [-0.4, -0.2) is 35.8 Å². The maximum Gasteiger partial charge on any atom is 0.245 e. The number of carbonyl (C=O) groups excluding carboxylic acids is 2. The fraction of sp³-hybridized carbons (Fsp3) is 0.471. The van der Waals surface area contributed by atoms with E-state index in [1.54, 1.807) is 17.0 Å². The summed E-state index contributed by atoms with van der Waals surface area (Å²) in [6.45, 7) is 4.90. The van der Waals surface area contributed by atoms with Gasteiger partial charge in [0.05, 0.1) is 0 Å². The largest absolute Gasteiger partial charge is 0.346 e. The van der Waals surface area contributed by atoms with Crippen LogP contribution in [0.5, 0.6) is 0 Å². The molecule has 1 heterocycles. The van der Waals surface area contributed by atoms with Crippen molar-refractivity contribution in [2.24, 2.45) is 0 Å². The van der Waals surface area contributed by atoms with E-state index in [1.165, 1.54) is 25.0 Å². The van der Waals surface area contributed by atoms with Crippen LogP contribution in [0.25, 0.3) is 0 Å². The number of piperidine rings is 1. The number of halogens is 1. The maximum absolute atomic E-state index is 13.0. The van der Waals surface area contributed by atoms with E-state index in [4.69, 9.17) is 0 Å². The van der Waals surface area contributed by atoms with Crippen LogP contribution >= 0.6 is 0 Å². The van der Waals surface area contributed by atoms with E-state index in [1.807, 2.05) is 0 Å². The van der Waals surface area contributed by atoms with E-state index in [0.717, 1.165) is 18.4 Å². The summed E-state index contributed by atoms with van der Waals surface area (Å²) in [5.74, 6) is 0.791. The fourth-order valence-corrected chi connectivity index (χ4v) is 2.63. The minimum atomic E-state index is -0.596. The number of benzene rings is 1. The minimum Gasteiger partial charge on any atom is -0.346 e.